The first kappa shape index (κ1) is 21.9. The number of halogens is 1. The number of carbonyl (C=O) groups excluding carboxylic acids is 2. The molecule has 30 heavy (non-hydrogen) atoms. The maximum atomic E-state index is 13.4. The summed E-state index contributed by atoms with van der Waals surface area (Å²) in [5.74, 6) is 0.242. The average Bonchev–Trinajstić information content (AvgIpc) is 2.77. The van der Waals surface area contributed by atoms with E-state index >= 15 is 0 Å². The molecule has 0 aliphatic heterocycles. The third-order valence-electron chi connectivity index (χ3n) is 5.45. The Kier molecular flexibility index (Phi) is 7.90. The summed E-state index contributed by atoms with van der Waals surface area (Å²) in [7, 11) is 1.50. The number of hydrogen-bond acceptors (Lipinski definition) is 4. The number of ether oxygens (including phenoxy) is 1. The van der Waals surface area contributed by atoms with Crippen molar-refractivity contribution in [1.29, 1.82) is 0 Å². The van der Waals surface area contributed by atoms with E-state index < -0.39 is 0 Å². The summed E-state index contributed by atoms with van der Waals surface area (Å²) in [6, 6.07) is 9.64. The van der Waals surface area contributed by atoms with Gasteiger partial charge in [0.1, 0.15) is 12.4 Å². The van der Waals surface area contributed by atoms with Gasteiger partial charge in [0.25, 0.3) is 5.91 Å². The Morgan fingerprint density at radius 1 is 1.13 bits per heavy atom. The number of aromatic nitrogens is 1. The van der Waals surface area contributed by atoms with Crippen LogP contribution in [-0.2, 0) is 9.53 Å². The maximum absolute atomic E-state index is 13.4. The zero-order valence-electron chi connectivity index (χ0n) is 17.2. The van der Waals surface area contributed by atoms with Crippen LogP contribution in [0.15, 0.2) is 42.6 Å². The lowest BCUT2D eigenvalue weighted by Crippen LogP contribution is -2.36. The van der Waals surface area contributed by atoms with E-state index in [1.54, 1.807) is 24.3 Å². The molecule has 2 amide bonds. The van der Waals surface area contributed by atoms with Gasteiger partial charge in [0.05, 0.1) is 11.3 Å². The fraction of sp³-hybridized carbons (Fsp3) is 0.435. The average molecular weight is 413 g/mol. The monoisotopic (exact) mass is 413 g/mol. The number of rotatable bonds is 8. The van der Waals surface area contributed by atoms with Gasteiger partial charge in [-0.25, -0.2) is 4.39 Å². The van der Waals surface area contributed by atoms with Crippen LogP contribution in [0.5, 0.6) is 0 Å². The zero-order valence-corrected chi connectivity index (χ0v) is 17.2. The molecule has 1 saturated carbocycles. The predicted molar refractivity (Wildman–Crippen MR) is 112 cm³/mol. The number of nitrogens with zero attached hydrogens (tertiary/aromatic N) is 1. The van der Waals surface area contributed by atoms with Crippen LogP contribution in [0.4, 0.5) is 4.39 Å². The van der Waals surface area contributed by atoms with Crippen LogP contribution >= 0.6 is 0 Å². The van der Waals surface area contributed by atoms with Crippen molar-refractivity contribution >= 4 is 11.8 Å². The molecule has 160 valence electrons. The lowest BCUT2D eigenvalue weighted by Gasteiger charge is -2.29. The van der Waals surface area contributed by atoms with E-state index in [-0.39, 0.29) is 24.2 Å². The molecule has 7 heteroatoms. The molecule has 1 unspecified atom stereocenters. The minimum atomic E-state index is -0.319. The first-order valence-corrected chi connectivity index (χ1v) is 10.3. The highest BCUT2D eigenvalue weighted by atomic mass is 19.1. The van der Waals surface area contributed by atoms with E-state index in [1.165, 1.54) is 25.4 Å². The molecule has 2 N–H and O–H groups in total. The molecule has 1 aromatic carbocycles. The van der Waals surface area contributed by atoms with Crippen molar-refractivity contribution in [2.45, 2.75) is 25.7 Å². The minimum absolute atomic E-state index is 0.0816. The van der Waals surface area contributed by atoms with E-state index in [9.17, 15) is 14.0 Å². The molecule has 1 heterocycles. The number of carbonyl (C=O) groups is 2. The highest BCUT2D eigenvalue weighted by Gasteiger charge is 2.23. The summed E-state index contributed by atoms with van der Waals surface area (Å²) in [4.78, 5) is 28.3. The standard InChI is InChI=1S/C23H28FN3O3/c1-30-15-22(28)26-12-16-4-2-5-17(10-16)13-27-23(29)19-8-9-21(25-14-19)18-6-3-7-20(24)11-18/h3,6-9,11,14,16-17H,2,4-5,10,12-13,15H2,1H3,(H,26,28)(H,27,29)/t16-,17?/m0/s1. The normalized spacial score (nSPS) is 18.6. The lowest BCUT2D eigenvalue weighted by atomic mass is 9.81. The summed E-state index contributed by atoms with van der Waals surface area (Å²) in [5.41, 5.74) is 1.78. The Labute approximate surface area is 176 Å². The first-order chi connectivity index (χ1) is 14.5. The molecule has 2 atom stereocenters. The fourth-order valence-electron chi connectivity index (χ4n) is 3.90. The second kappa shape index (κ2) is 10.8. The summed E-state index contributed by atoms with van der Waals surface area (Å²) in [6.07, 6.45) is 5.74. The Balaban J connectivity index is 1.47. The quantitative estimate of drug-likeness (QED) is 0.697. The summed E-state index contributed by atoms with van der Waals surface area (Å²) >= 11 is 0. The SMILES string of the molecule is COCC(=O)NC[C@H]1CCCC(CNC(=O)c2ccc(-c3cccc(F)c3)nc2)C1. The van der Waals surface area contributed by atoms with Gasteiger partial charge in [0, 0.05) is 32.0 Å². The Hall–Kier alpha value is -2.80. The Morgan fingerprint density at radius 2 is 1.90 bits per heavy atom. The number of pyridine rings is 1. The van der Waals surface area contributed by atoms with Crippen LogP contribution < -0.4 is 10.6 Å². The van der Waals surface area contributed by atoms with Crippen molar-refractivity contribution in [3.05, 3.63) is 54.0 Å². The molecule has 0 radical (unpaired) electrons. The summed E-state index contributed by atoms with van der Waals surface area (Å²) < 4.78 is 18.2. The molecule has 1 aliphatic rings. The highest BCUT2D eigenvalue weighted by Crippen LogP contribution is 2.28. The smallest absolute Gasteiger partial charge is 0.252 e. The first-order valence-electron chi connectivity index (χ1n) is 10.3. The van der Waals surface area contributed by atoms with Crippen molar-refractivity contribution in [2.24, 2.45) is 11.8 Å². The molecule has 1 aliphatic carbocycles. The van der Waals surface area contributed by atoms with Crippen LogP contribution in [0, 0.1) is 17.7 Å². The van der Waals surface area contributed by atoms with Gasteiger partial charge in [-0.1, -0.05) is 18.6 Å². The topological polar surface area (TPSA) is 80.3 Å². The Bertz CT molecular complexity index is 857. The second-order valence-corrected chi connectivity index (χ2v) is 7.79. The van der Waals surface area contributed by atoms with Gasteiger partial charge >= 0.3 is 0 Å². The molecule has 3 rings (SSSR count). The molecule has 6 nitrogen and oxygen atoms in total. The van der Waals surface area contributed by atoms with Crippen LogP contribution in [0.25, 0.3) is 11.3 Å². The summed E-state index contributed by atoms with van der Waals surface area (Å²) in [5, 5.41) is 5.90. The van der Waals surface area contributed by atoms with Gasteiger partial charge in [-0.3, -0.25) is 14.6 Å². The number of nitrogens with one attached hydrogen (secondary N) is 2. The van der Waals surface area contributed by atoms with Crippen LogP contribution in [0.3, 0.4) is 0 Å². The molecule has 0 bridgehead atoms. The van der Waals surface area contributed by atoms with Crippen molar-refractivity contribution < 1.29 is 18.7 Å². The van der Waals surface area contributed by atoms with Gasteiger partial charge in [-0.05, 0) is 55.4 Å². The third-order valence-corrected chi connectivity index (χ3v) is 5.45. The molecular formula is C23H28FN3O3. The zero-order chi connectivity index (χ0) is 21.3. The van der Waals surface area contributed by atoms with Crippen molar-refractivity contribution in [3.8, 4) is 11.3 Å². The molecule has 1 aromatic heterocycles. The third kappa shape index (κ3) is 6.35. The van der Waals surface area contributed by atoms with E-state index in [0.29, 0.717) is 41.7 Å². The van der Waals surface area contributed by atoms with E-state index in [2.05, 4.69) is 15.6 Å². The molecule has 0 saturated heterocycles. The van der Waals surface area contributed by atoms with Crippen molar-refractivity contribution in [3.63, 3.8) is 0 Å². The van der Waals surface area contributed by atoms with Gasteiger partial charge in [0.15, 0.2) is 0 Å². The largest absolute Gasteiger partial charge is 0.375 e. The number of amides is 2. The van der Waals surface area contributed by atoms with E-state index in [0.717, 1.165) is 25.7 Å². The number of benzene rings is 1. The van der Waals surface area contributed by atoms with Crippen LogP contribution in [0.2, 0.25) is 0 Å². The molecule has 2 aromatic rings. The van der Waals surface area contributed by atoms with Gasteiger partial charge in [0.2, 0.25) is 5.91 Å². The van der Waals surface area contributed by atoms with Gasteiger partial charge < -0.3 is 15.4 Å². The van der Waals surface area contributed by atoms with Crippen LogP contribution in [-0.4, -0.2) is 43.6 Å². The maximum Gasteiger partial charge on any atom is 0.252 e. The molecule has 1 fully saturated rings. The predicted octanol–water partition coefficient (Wildman–Crippen LogP) is 3.19. The Morgan fingerprint density at radius 3 is 2.57 bits per heavy atom. The number of hydrogen-bond donors (Lipinski definition) is 2. The molecular weight excluding hydrogens is 385 g/mol. The van der Waals surface area contributed by atoms with Gasteiger partial charge in [-0.2, -0.15) is 0 Å². The van der Waals surface area contributed by atoms with Crippen molar-refractivity contribution in [2.75, 3.05) is 26.8 Å². The fourth-order valence-corrected chi connectivity index (χ4v) is 3.90. The van der Waals surface area contributed by atoms with E-state index in [1.807, 2.05) is 0 Å². The molecule has 0 spiro atoms. The highest BCUT2D eigenvalue weighted by molar-refractivity contribution is 5.94. The van der Waals surface area contributed by atoms with Crippen molar-refractivity contribution in [1.82, 2.24) is 15.6 Å². The summed E-state index contributed by atoms with van der Waals surface area (Å²) in [6.45, 7) is 1.34. The van der Waals surface area contributed by atoms with E-state index in [4.69, 9.17) is 4.74 Å². The van der Waals surface area contributed by atoms with Gasteiger partial charge in [-0.15, -0.1) is 0 Å². The lowest BCUT2D eigenvalue weighted by molar-refractivity contribution is -0.125. The number of methoxy groups -OCH3 is 1. The minimum Gasteiger partial charge on any atom is -0.375 e. The van der Waals surface area contributed by atoms with Crippen LogP contribution in [0.1, 0.15) is 36.0 Å². The second-order valence-electron chi connectivity index (χ2n) is 7.79.